The SMILES string of the molecule is COC(=O)[C@@]1(O[Si](C)(C)C)CCCC[C@]1(C)/C=C/C(O)=C1\C(=O)OC2(CCCC[C@]2(C)CO)C1=O. The van der Waals surface area contributed by atoms with Gasteiger partial charge >= 0.3 is 11.9 Å². The fourth-order valence-corrected chi connectivity index (χ4v) is 7.55. The normalized spacial score (nSPS) is 37.6. The first-order valence-electron chi connectivity index (χ1n) is 12.5. The van der Waals surface area contributed by atoms with Gasteiger partial charge in [-0.25, -0.2) is 9.59 Å². The second-order valence-electron chi connectivity index (χ2n) is 11.7. The summed E-state index contributed by atoms with van der Waals surface area (Å²) >= 11 is 0. The maximum Gasteiger partial charge on any atom is 0.346 e. The molecule has 1 unspecified atom stereocenters. The van der Waals surface area contributed by atoms with Crippen LogP contribution in [0, 0.1) is 10.8 Å². The molecule has 3 fully saturated rings. The second-order valence-corrected chi connectivity index (χ2v) is 16.2. The lowest BCUT2D eigenvalue weighted by atomic mass is 9.62. The number of methoxy groups -OCH3 is 1. The van der Waals surface area contributed by atoms with Crippen LogP contribution in [0.3, 0.4) is 0 Å². The van der Waals surface area contributed by atoms with E-state index in [1.807, 2.05) is 26.6 Å². The van der Waals surface area contributed by atoms with Crippen molar-refractivity contribution in [2.75, 3.05) is 13.7 Å². The highest BCUT2D eigenvalue weighted by atomic mass is 28.4. The van der Waals surface area contributed by atoms with E-state index in [2.05, 4.69) is 0 Å². The Labute approximate surface area is 208 Å². The summed E-state index contributed by atoms with van der Waals surface area (Å²) in [6.07, 6.45) is 8.08. The quantitative estimate of drug-likeness (QED) is 0.181. The Morgan fingerprint density at radius 2 is 1.66 bits per heavy atom. The van der Waals surface area contributed by atoms with Crippen LogP contribution < -0.4 is 0 Å². The van der Waals surface area contributed by atoms with E-state index >= 15 is 0 Å². The molecule has 0 aromatic heterocycles. The molecule has 1 spiro atoms. The minimum atomic E-state index is -2.20. The molecular weight excluding hydrogens is 468 g/mol. The molecule has 3 rings (SSSR count). The van der Waals surface area contributed by atoms with Gasteiger partial charge in [-0.3, -0.25) is 4.79 Å². The van der Waals surface area contributed by atoms with Gasteiger partial charge in [0.25, 0.3) is 0 Å². The van der Waals surface area contributed by atoms with Gasteiger partial charge in [0.2, 0.25) is 5.78 Å². The number of hydrogen-bond acceptors (Lipinski definition) is 8. The molecule has 196 valence electrons. The number of carbonyl (C=O) groups excluding carboxylic acids is 3. The molecule has 2 saturated carbocycles. The Balaban J connectivity index is 2.03. The highest BCUT2D eigenvalue weighted by molar-refractivity contribution is 6.70. The van der Waals surface area contributed by atoms with Crippen molar-refractivity contribution in [3.05, 3.63) is 23.5 Å². The lowest BCUT2D eigenvalue weighted by Crippen LogP contribution is -2.60. The number of hydrogen-bond donors (Lipinski definition) is 2. The highest BCUT2D eigenvalue weighted by Gasteiger charge is 2.64. The number of carbonyl (C=O) groups is 3. The molecule has 4 atom stereocenters. The average molecular weight is 509 g/mol. The molecule has 3 aliphatic rings. The number of esters is 2. The Kier molecular flexibility index (Phi) is 7.48. The molecule has 0 aromatic rings. The number of ketones is 1. The van der Waals surface area contributed by atoms with Crippen LogP contribution in [0.5, 0.6) is 0 Å². The van der Waals surface area contributed by atoms with E-state index in [1.165, 1.54) is 13.2 Å². The molecule has 35 heavy (non-hydrogen) atoms. The Morgan fingerprint density at radius 3 is 2.26 bits per heavy atom. The second kappa shape index (κ2) is 9.48. The average Bonchev–Trinajstić information content (AvgIpc) is 3.05. The number of aliphatic hydroxyl groups excluding tert-OH is 2. The molecule has 2 N–H and O–H groups in total. The summed E-state index contributed by atoms with van der Waals surface area (Å²) < 4.78 is 17.3. The molecule has 0 amide bonds. The van der Waals surface area contributed by atoms with Gasteiger partial charge in [-0.05, 0) is 64.2 Å². The van der Waals surface area contributed by atoms with Crippen LogP contribution in [-0.4, -0.2) is 61.2 Å². The van der Waals surface area contributed by atoms with E-state index in [1.54, 1.807) is 13.0 Å². The van der Waals surface area contributed by atoms with E-state index in [0.29, 0.717) is 32.1 Å². The standard InChI is InChI=1S/C26H40O8Si/c1-23(12-7-10-15-26(23,22(31)32-3)34-35(4,5)6)16-11-18(28)19-20(29)25(33-21(19)30)14-9-8-13-24(25,2)17-27/h11,16,27-28H,7-10,12-15,17H2,1-6H3/b16-11+,19-18+/t23-,24-,25?,26+/m1/s1. The minimum absolute atomic E-state index is 0.302. The zero-order valence-corrected chi connectivity index (χ0v) is 22.9. The third-order valence-corrected chi connectivity index (χ3v) is 9.12. The summed E-state index contributed by atoms with van der Waals surface area (Å²) in [5.41, 5.74) is -4.85. The van der Waals surface area contributed by atoms with Crippen molar-refractivity contribution in [2.45, 2.75) is 96.1 Å². The zero-order valence-electron chi connectivity index (χ0n) is 21.9. The van der Waals surface area contributed by atoms with Crippen molar-refractivity contribution in [1.29, 1.82) is 0 Å². The molecule has 1 heterocycles. The fraction of sp³-hybridized carbons (Fsp3) is 0.731. The van der Waals surface area contributed by atoms with E-state index in [0.717, 1.165) is 19.3 Å². The summed E-state index contributed by atoms with van der Waals surface area (Å²) in [5, 5.41) is 21.0. The van der Waals surface area contributed by atoms with Crippen LogP contribution >= 0.6 is 0 Å². The predicted octanol–water partition coefficient (Wildman–Crippen LogP) is 4.14. The lowest BCUT2D eigenvalue weighted by molar-refractivity contribution is -0.177. The Morgan fingerprint density at radius 1 is 1.06 bits per heavy atom. The predicted molar refractivity (Wildman–Crippen MR) is 132 cm³/mol. The molecule has 2 aliphatic carbocycles. The molecular formula is C26H40O8Si. The van der Waals surface area contributed by atoms with Crippen LogP contribution in [0.2, 0.25) is 19.6 Å². The van der Waals surface area contributed by atoms with Crippen molar-refractivity contribution < 1.29 is 38.5 Å². The van der Waals surface area contributed by atoms with Crippen LogP contribution in [-0.2, 0) is 28.3 Å². The van der Waals surface area contributed by atoms with E-state index in [4.69, 9.17) is 13.9 Å². The van der Waals surface area contributed by atoms with E-state index in [9.17, 15) is 24.6 Å². The third kappa shape index (κ3) is 4.51. The van der Waals surface area contributed by atoms with Crippen molar-refractivity contribution >= 4 is 26.0 Å². The maximum absolute atomic E-state index is 13.5. The van der Waals surface area contributed by atoms with Crippen LogP contribution in [0.4, 0.5) is 0 Å². The smallest absolute Gasteiger partial charge is 0.346 e. The first-order chi connectivity index (χ1) is 16.2. The summed E-state index contributed by atoms with van der Waals surface area (Å²) in [6, 6.07) is 0. The molecule has 0 radical (unpaired) electrons. The zero-order chi connectivity index (χ0) is 26.3. The maximum atomic E-state index is 13.5. The molecule has 1 saturated heterocycles. The Bertz CT molecular complexity index is 949. The van der Waals surface area contributed by atoms with Gasteiger partial charge < -0.3 is 24.1 Å². The van der Waals surface area contributed by atoms with Gasteiger partial charge in [-0.2, -0.15) is 0 Å². The van der Waals surface area contributed by atoms with Crippen LogP contribution in [0.15, 0.2) is 23.5 Å². The lowest BCUT2D eigenvalue weighted by Gasteiger charge is -2.50. The van der Waals surface area contributed by atoms with E-state index < -0.39 is 59.4 Å². The van der Waals surface area contributed by atoms with E-state index in [-0.39, 0.29) is 6.61 Å². The first-order valence-corrected chi connectivity index (χ1v) is 15.9. The highest BCUT2D eigenvalue weighted by Crippen LogP contribution is 2.52. The molecule has 0 aromatic carbocycles. The molecule has 0 bridgehead atoms. The van der Waals surface area contributed by atoms with Crippen LogP contribution in [0.25, 0.3) is 0 Å². The summed E-state index contributed by atoms with van der Waals surface area (Å²) in [5.74, 6) is -2.44. The number of ether oxygens (including phenoxy) is 2. The van der Waals surface area contributed by atoms with Crippen molar-refractivity contribution in [3.63, 3.8) is 0 Å². The van der Waals surface area contributed by atoms with Crippen molar-refractivity contribution in [3.8, 4) is 0 Å². The van der Waals surface area contributed by atoms with Crippen LogP contribution in [0.1, 0.15) is 65.2 Å². The van der Waals surface area contributed by atoms with Gasteiger partial charge in [0, 0.05) is 10.8 Å². The Hall–Kier alpha value is -1.97. The van der Waals surface area contributed by atoms with Gasteiger partial charge in [0.05, 0.1) is 13.7 Å². The van der Waals surface area contributed by atoms with Crippen molar-refractivity contribution in [2.24, 2.45) is 10.8 Å². The molecule has 1 aliphatic heterocycles. The topological polar surface area (TPSA) is 119 Å². The largest absolute Gasteiger partial charge is 0.507 e. The summed E-state index contributed by atoms with van der Waals surface area (Å²) in [4.78, 5) is 39.5. The summed E-state index contributed by atoms with van der Waals surface area (Å²) in [7, 11) is -0.859. The summed E-state index contributed by atoms with van der Waals surface area (Å²) in [6.45, 7) is 9.34. The fourth-order valence-electron chi connectivity index (χ4n) is 6.08. The number of Topliss-reactive ketones (excluding diaryl/α,β-unsaturated/α-hetero) is 1. The first kappa shape index (κ1) is 27.6. The third-order valence-electron chi connectivity index (χ3n) is 8.15. The number of aliphatic hydroxyl groups is 2. The molecule has 8 nitrogen and oxygen atoms in total. The van der Waals surface area contributed by atoms with Crippen molar-refractivity contribution in [1.82, 2.24) is 0 Å². The minimum Gasteiger partial charge on any atom is -0.507 e. The number of rotatable bonds is 6. The molecule has 9 heteroatoms. The van der Waals surface area contributed by atoms with Gasteiger partial charge in [-0.15, -0.1) is 0 Å². The van der Waals surface area contributed by atoms with Gasteiger partial charge in [0.1, 0.15) is 11.3 Å². The monoisotopic (exact) mass is 508 g/mol. The number of allylic oxidation sites excluding steroid dienone is 1. The van der Waals surface area contributed by atoms with Gasteiger partial charge in [0.15, 0.2) is 19.5 Å². The van der Waals surface area contributed by atoms with Gasteiger partial charge in [-0.1, -0.05) is 32.8 Å².